The van der Waals surface area contributed by atoms with Crippen LogP contribution in [0.1, 0.15) is 32.3 Å². The fourth-order valence-electron chi connectivity index (χ4n) is 2.56. The Bertz CT molecular complexity index is 575. The molecule has 1 aliphatic rings. The van der Waals surface area contributed by atoms with Crippen molar-refractivity contribution in [3.05, 3.63) is 29.8 Å². The number of carbonyl (C=O) groups excluding carboxylic acids is 2. The zero-order chi connectivity index (χ0) is 17.1. The van der Waals surface area contributed by atoms with Gasteiger partial charge >= 0.3 is 5.97 Å². The number of methoxy groups -OCH3 is 1. The minimum Gasteiger partial charge on any atom is -0.468 e. The number of hydrogen-bond acceptors (Lipinski definition) is 5. The van der Waals surface area contributed by atoms with E-state index in [2.05, 4.69) is 5.32 Å². The number of esters is 1. The molecule has 0 aliphatic carbocycles. The molecule has 0 bridgehead atoms. The van der Waals surface area contributed by atoms with Crippen molar-refractivity contribution in [2.24, 2.45) is 5.73 Å². The SMILES string of the molecule is COC(=O)C(C)(C)c1ccc(NC(=O)C2(N)CCOCC2)cc1. The number of benzene rings is 1. The standard InChI is InChI=1S/C17H24N2O4/c1-16(2,15(21)22-3)12-4-6-13(7-5-12)19-14(20)17(18)8-10-23-11-9-17/h4-7H,8-11,18H2,1-3H3,(H,19,20). The molecule has 0 saturated carbocycles. The summed E-state index contributed by atoms with van der Waals surface area (Å²) in [4.78, 5) is 24.2. The van der Waals surface area contributed by atoms with Gasteiger partial charge in [0, 0.05) is 18.9 Å². The van der Waals surface area contributed by atoms with E-state index in [4.69, 9.17) is 15.2 Å². The zero-order valence-electron chi connectivity index (χ0n) is 13.8. The Morgan fingerprint density at radius 3 is 2.30 bits per heavy atom. The van der Waals surface area contributed by atoms with Gasteiger partial charge in [0.1, 0.15) is 5.54 Å². The van der Waals surface area contributed by atoms with Crippen LogP contribution in [0.25, 0.3) is 0 Å². The lowest BCUT2D eigenvalue weighted by atomic mass is 9.84. The lowest BCUT2D eigenvalue weighted by molar-refractivity contribution is -0.146. The summed E-state index contributed by atoms with van der Waals surface area (Å²) in [6.45, 7) is 4.58. The van der Waals surface area contributed by atoms with Crippen molar-refractivity contribution in [1.29, 1.82) is 0 Å². The fourth-order valence-corrected chi connectivity index (χ4v) is 2.56. The van der Waals surface area contributed by atoms with E-state index < -0.39 is 11.0 Å². The molecule has 0 radical (unpaired) electrons. The maximum Gasteiger partial charge on any atom is 0.315 e. The minimum atomic E-state index is -0.887. The normalized spacial score (nSPS) is 17.4. The topological polar surface area (TPSA) is 90.7 Å². The summed E-state index contributed by atoms with van der Waals surface area (Å²) in [5, 5.41) is 2.84. The second-order valence-corrected chi connectivity index (χ2v) is 6.42. The van der Waals surface area contributed by atoms with Gasteiger partial charge in [0.05, 0.1) is 12.5 Å². The van der Waals surface area contributed by atoms with Crippen LogP contribution in [0.2, 0.25) is 0 Å². The van der Waals surface area contributed by atoms with Crippen LogP contribution in [-0.4, -0.2) is 37.7 Å². The molecule has 3 N–H and O–H groups in total. The number of ether oxygens (including phenoxy) is 2. The number of hydrogen-bond donors (Lipinski definition) is 2. The summed E-state index contributed by atoms with van der Waals surface area (Å²) in [5.74, 6) is -0.516. The van der Waals surface area contributed by atoms with Crippen LogP contribution in [0.15, 0.2) is 24.3 Å². The molecular formula is C17H24N2O4. The molecule has 1 amide bonds. The van der Waals surface area contributed by atoms with Gasteiger partial charge in [-0.3, -0.25) is 9.59 Å². The third-order valence-corrected chi connectivity index (χ3v) is 4.40. The largest absolute Gasteiger partial charge is 0.468 e. The van der Waals surface area contributed by atoms with Crippen LogP contribution in [0.5, 0.6) is 0 Å². The first-order valence-electron chi connectivity index (χ1n) is 7.67. The molecule has 6 heteroatoms. The van der Waals surface area contributed by atoms with Gasteiger partial charge in [0.25, 0.3) is 0 Å². The Morgan fingerprint density at radius 1 is 1.22 bits per heavy atom. The first kappa shape index (κ1) is 17.4. The van der Waals surface area contributed by atoms with Gasteiger partial charge in [-0.15, -0.1) is 0 Å². The van der Waals surface area contributed by atoms with Gasteiger partial charge in [-0.05, 0) is 44.4 Å². The fraction of sp³-hybridized carbons (Fsp3) is 0.529. The van der Waals surface area contributed by atoms with E-state index in [0.29, 0.717) is 31.7 Å². The molecule has 1 aromatic carbocycles. The van der Waals surface area contributed by atoms with Crippen LogP contribution < -0.4 is 11.1 Å². The van der Waals surface area contributed by atoms with Crippen molar-refractivity contribution in [2.75, 3.05) is 25.6 Å². The summed E-state index contributed by atoms with van der Waals surface area (Å²) in [6.07, 6.45) is 1.01. The van der Waals surface area contributed by atoms with Crippen LogP contribution >= 0.6 is 0 Å². The Kier molecular flexibility index (Phi) is 5.06. The molecule has 1 fully saturated rings. The predicted octanol–water partition coefficient (Wildman–Crippen LogP) is 1.58. The summed E-state index contributed by atoms with van der Waals surface area (Å²) >= 11 is 0. The van der Waals surface area contributed by atoms with E-state index in [1.54, 1.807) is 38.1 Å². The van der Waals surface area contributed by atoms with Crippen LogP contribution in [-0.2, 0) is 24.5 Å². The van der Waals surface area contributed by atoms with E-state index in [1.165, 1.54) is 7.11 Å². The molecule has 0 spiro atoms. The van der Waals surface area contributed by atoms with Crippen molar-refractivity contribution in [3.8, 4) is 0 Å². The highest BCUT2D eigenvalue weighted by Gasteiger charge is 2.36. The smallest absolute Gasteiger partial charge is 0.315 e. The molecule has 0 unspecified atom stereocenters. The second-order valence-electron chi connectivity index (χ2n) is 6.42. The van der Waals surface area contributed by atoms with Crippen molar-refractivity contribution in [1.82, 2.24) is 0 Å². The molecule has 1 aromatic rings. The van der Waals surface area contributed by atoms with Gasteiger partial charge in [-0.25, -0.2) is 0 Å². The van der Waals surface area contributed by atoms with E-state index in [-0.39, 0.29) is 11.9 Å². The Morgan fingerprint density at radius 2 is 1.78 bits per heavy atom. The molecule has 2 rings (SSSR count). The van der Waals surface area contributed by atoms with Crippen molar-refractivity contribution in [2.45, 2.75) is 37.6 Å². The van der Waals surface area contributed by atoms with Crippen molar-refractivity contribution >= 4 is 17.6 Å². The highest BCUT2D eigenvalue weighted by molar-refractivity contribution is 5.98. The summed E-state index contributed by atoms with van der Waals surface area (Å²) < 4.78 is 10.1. The number of nitrogens with two attached hydrogens (primary N) is 1. The molecule has 1 saturated heterocycles. The molecule has 1 aliphatic heterocycles. The molecule has 0 atom stereocenters. The van der Waals surface area contributed by atoms with Crippen LogP contribution in [0.4, 0.5) is 5.69 Å². The van der Waals surface area contributed by atoms with Crippen LogP contribution in [0.3, 0.4) is 0 Å². The maximum atomic E-state index is 12.4. The Balaban J connectivity index is 2.08. The maximum absolute atomic E-state index is 12.4. The molecule has 0 aromatic heterocycles. The second kappa shape index (κ2) is 6.68. The lowest BCUT2D eigenvalue weighted by Gasteiger charge is -2.31. The van der Waals surface area contributed by atoms with E-state index >= 15 is 0 Å². The minimum absolute atomic E-state index is 0.208. The van der Waals surface area contributed by atoms with Gasteiger partial charge in [-0.1, -0.05) is 12.1 Å². The van der Waals surface area contributed by atoms with E-state index in [9.17, 15) is 9.59 Å². The molecule has 1 heterocycles. The summed E-state index contributed by atoms with van der Waals surface area (Å²) in [5.41, 5.74) is 5.99. The average Bonchev–Trinajstić information content (AvgIpc) is 2.55. The number of anilines is 1. The average molecular weight is 320 g/mol. The van der Waals surface area contributed by atoms with E-state index in [0.717, 1.165) is 5.56 Å². The molecule has 126 valence electrons. The van der Waals surface area contributed by atoms with Gasteiger partial charge < -0.3 is 20.5 Å². The predicted molar refractivity (Wildman–Crippen MR) is 87.1 cm³/mol. The molecule has 6 nitrogen and oxygen atoms in total. The number of amides is 1. The monoisotopic (exact) mass is 320 g/mol. The number of rotatable bonds is 4. The first-order valence-corrected chi connectivity index (χ1v) is 7.67. The molecule has 23 heavy (non-hydrogen) atoms. The van der Waals surface area contributed by atoms with Crippen LogP contribution in [0, 0.1) is 0 Å². The van der Waals surface area contributed by atoms with Gasteiger partial charge in [-0.2, -0.15) is 0 Å². The van der Waals surface area contributed by atoms with Crippen molar-refractivity contribution < 1.29 is 19.1 Å². The summed E-state index contributed by atoms with van der Waals surface area (Å²) in [6, 6.07) is 7.14. The number of nitrogens with one attached hydrogen (secondary N) is 1. The quantitative estimate of drug-likeness (QED) is 0.822. The third-order valence-electron chi connectivity index (χ3n) is 4.40. The highest BCUT2D eigenvalue weighted by atomic mass is 16.5. The molecular weight excluding hydrogens is 296 g/mol. The van der Waals surface area contributed by atoms with Crippen molar-refractivity contribution in [3.63, 3.8) is 0 Å². The first-order chi connectivity index (χ1) is 10.8. The Hall–Kier alpha value is -1.92. The highest BCUT2D eigenvalue weighted by Crippen LogP contribution is 2.26. The summed E-state index contributed by atoms with van der Waals surface area (Å²) in [7, 11) is 1.37. The third kappa shape index (κ3) is 3.71. The zero-order valence-corrected chi connectivity index (χ0v) is 13.8. The van der Waals surface area contributed by atoms with Gasteiger partial charge in [0.2, 0.25) is 5.91 Å². The lowest BCUT2D eigenvalue weighted by Crippen LogP contribution is -2.54. The Labute approximate surface area is 136 Å². The van der Waals surface area contributed by atoms with Gasteiger partial charge in [0.15, 0.2) is 0 Å². The number of carbonyl (C=O) groups is 2. The van der Waals surface area contributed by atoms with E-state index in [1.807, 2.05) is 0 Å².